The van der Waals surface area contributed by atoms with E-state index in [1.54, 1.807) is 18.3 Å². The zero-order chi connectivity index (χ0) is 11.4. The molecule has 6 heteroatoms. The molecule has 1 amide bonds. The number of nitrogens with one attached hydrogen (secondary N) is 1. The van der Waals surface area contributed by atoms with E-state index < -0.39 is 0 Å². The van der Waals surface area contributed by atoms with E-state index in [0.29, 0.717) is 11.4 Å². The number of hydrogen-bond donors (Lipinski definition) is 1. The van der Waals surface area contributed by atoms with Crippen molar-refractivity contribution in [1.82, 2.24) is 15.0 Å². The largest absolute Gasteiger partial charge is 0.306 e. The molecular weight excluding hydrogens is 272 g/mol. The normalized spacial score (nSPS) is 9.81. The van der Waals surface area contributed by atoms with Gasteiger partial charge < -0.3 is 5.32 Å². The van der Waals surface area contributed by atoms with Gasteiger partial charge >= 0.3 is 0 Å². The Bertz CT molecular complexity index is 486. The molecule has 0 aliphatic rings. The number of nitrogens with zero attached hydrogens (tertiary/aromatic N) is 3. The first-order valence-corrected chi connectivity index (χ1v) is 5.23. The van der Waals surface area contributed by atoms with Crippen LogP contribution in [0.2, 0.25) is 0 Å². The fourth-order valence-corrected chi connectivity index (χ4v) is 1.29. The molecule has 0 saturated carbocycles. The monoisotopic (exact) mass is 278 g/mol. The van der Waals surface area contributed by atoms with Crippen molar-refractivity contribution in [1.29, 1.82) is 0 Å². The maximum absolute atomic E-state index is 11.7. The van der Waals surface area contributed by atoms with Crippen LogP contribution in [0.5, 0.6) is 0 Å². The highest BCUT2D eigenvalue weighted by Gasteiger charge is 2.06. The van der Waals surface area contributed by atoms with Crippen molar-refractivity contribution in [3.63, 3.8) is 0 Å². The molecule has 0 aromatic carbocycles. The maximum Gasteiger partial charge on any atom is 0.259 e. The third-order valence-electron chi connectivity index (χ3n) is 1.79. The third kappa shape index (κ3) is 2.60. The van der Waals surface area contributed by atoms with Gasteiger partial charge in [-0.15, -0.1) is 0 Å². The van der Waals surface area contributed by atoms with Crippen molar-refractivity contribution in [3.05, 3.63) is 47.1 Å². The van der Waals surface area contributed by atoms with Gasteiger partial charge in [0.05, 0.1) is 5.56 Å². The van der Waals surface area contributed by atoms with Crippen molar-refractivity contribution in [2.75, 3.05) is 5.32 Å². The molecular formula is C10H7BrN4O. The van der Waals surface area contributed by atoms with E-state index in [1.165, 1.54) is 18.7 Å². The molecule has 0 radical (unpaired) electrons. The Hall–Kier alpha value is -1.82. The average molecular weight is 279 g/mol. The number of anilines is 1. The van der Waals surface area contributed by atoms with E-state index in [-0.39, 0.29) is 5.91 Å². The predicted octanol–water partition coefficient (Wildman–Crippen LogP) is 1.89. The summed E-state index contributed by atoms with van der Waals surface area (Å²) < 4.78 is 0.855. The molecule has 2 heterocycles. The van der Waals surface area contributed by atoms with Gasteiger partial charge in [0, 0.05) is 23.1 Å². The van der Waals surface area contributed by atoms with Gasteiger partial charge in [0.2, 0.25) is 0 Å². The highest BCUT2D eigenvalue weighted by molar-refractivity contribution is 9.10. The van der Waals surface area contributed by atoms with Gasteiger partial charge in [0.15, 0.2) is 0 Å². The number of aromatic nitrogens is 3. The van der Waals surface area contributed by atoms with Gasteiger partial charge in [0.1, 0.15) is 12.1 Å². The molecule has 0 saturated heterocycles. The molecule has 2 aromatic rings. The number of carbonyl (C=O) groups excluding carboxylic acids is 1. The summed E-state index contributed by atoms with van der Waals surface area (Å²) in [6, 6.07) is 3.50. The first-order chi connectivity index (χ1) is 7.75. The molecule has 0 bridgehead atoms. The van der Waals surface area contributed by atoms with E-state index in [2.05, 4.69) is 36.2 Å². The minimum atomic E-state index is -0.282. The first kappa shape index (κ1) is 10.7. The van der Waals surface area contributed by atoms with E-state index in [4.69, 9.17) is 0 Å². The number of rotatable bonds is 2. The van der Waals surface area contributed by atoms with Gasteiger partial charge in [-0.3, -0.25) is 4.79 Å². The van der Waals surface area contributed by atoms with Gasteiger partial charge in [-0.1, -0.05) is 0 Å². The number of carbonyl (C=O) groups is 1. The lowest BCUT2D eigenvalue weighted by atomic mass is 10.3. The van der Waals surface area contributed by atoms with Crippen LogP contribution in [0.25, 0.3) is 0 Å². The summed E-state index contributed by atoms with van der Waals surface area (Å²) in [7, 11) is 0. The summed E-state index contributed by atoms with van der Waals surface area (Å²) in [6.45, 7) is 0. The van der Waals surface area contributed by atoms with Crippen LogP contribution in [0.4, 0.5) is 5.82 Å². The number of pyridine rings is 1. The quantitative estimate of drug-likeness (QED) is 0.911. The van der Waals surface area contributed by atoms with Crippen molar-refractivity contribution in [2.45, 2.75) is 0 Å². The fourth-order valence-electron chi connectivity index (χ4n) is 1.05. The number of hydrogen-bond acceptors (Lipinski definition) is 4. The maximum atomic E-state index is 11.7. The highest BCUT2D eigenvalue weighted by atomic mass is 79.9. The zero-order valence-corrected chi connectivity index (χ0v) is 9.68. The van der Waals surface area contributed by atoms with Gasteiger partial charge in [0.25, 0.3) is 5.91 Å². The van der Waals surface area contributed by atoms with E-state index >= 15 is 0 Å². The number of amides is 1. The fraction of sp³-hybridized carbons (Fsp3) is 0. The van der Waals surface area contributed by atoms with E-state index in [1.807, 2.05) is 0 Å². The Morgan fingerprint density at radius 2 is 1.94 bits per heavy atom. The van der Waals surface area contributed by atoms with Crippen molar-refractivity contribution in [2.24, 2.45) is 0 Å². The molecule has 0 aliphatic heterocycles. The lowest BCUT2D eigenvalue weighted by Gasteiger charge is -2.03. The van der Waals surface area contributed by atoms with Crippen molar-refractivity contribution < 1.29 is 4.79 Å². The molecule has 0 atom stereocenters. The highest BCUT2D eigenvalue weighted by Crippen LogP contribution is 2.11. The lowest BCUT2D eigenvalue weighted by Crippen LogP contribution is -2.13. The topological polar surface area (TPSA) is 67.8 Å². The average Bonchev–Trinajstić information content (AvgIpc) is 2.33. The van der Waals surface area contributed by atoms with Gasteiger partial charge in [-0.25, -0.2) is 15.0 Å². The Kier molecular flexibility index (Phi) is 3.21. The van der Waals surface area contributed by atoms with Crippen LogP contribution in [-0.2, 0) is 0 Å². The van der Waals surface area contributed by atoms with Crippen LogP contribution in [0, 0.1) is 0 Å². The van der Waals surface area contributed by atoms with E-state index in [0.717, 1.165) is 4.47 Å². The Balaban J connectivity index is 2.11. The molecule has 16 heavy (non-hydrogen) atoms. The summed E-state index contributed by atoms with van der Waals surface area (Å²) >= 11 is 3.26. The van der Waals surface area contributed by atoms with Crippen molar-refractivity contribution >= 4 is 27.7 Å². The van der Waals surface area contributed by atoms with Crippen molar-refractivity contribution in [3.8, 4) is 0 Å². The van der Waals surface area contributed by atoms with Crippen LogP contribution in [-0.4, -0.2) is 20.9 Å². The molecule has 2 aromatic heterocycles. The smallest absolute Gasteiger partial charge is 0.259 e. The molecule has 2 rings (SSSR count). The Labute approximate surface area is 100 Å². The first-order valence-electron chi connectivity index (χ1n) is 4.43. The van der Waals surface area contributed by atoms with E-state index in [9.17, 15) is 4.79 Å². The molecule has 80 valence electrons. The molecule has 0 fully saturated rings. The zero-order valence-electron chi connectivity index (χ0n) is 8.09. The minimum absolute atomic E-state index is 0.282. The SMILES string of the molecule is O=C(Nc1ccc(Br)cn1)c1cncnc1. The number of halogens is 1. The Morgan fingerprint density at radius 1 is 1.19 bits per heavy atom. The summed E-state index contributed by atoms with van der Waals surface area (Å²) in [5, 5.41) is 2.63. The minimum Gasteiger partial charge on any atom is -0.306 e. The van der Waals surface area contributed by atoms with Crippen LogP contribution >= 0.6 is 15.9 Å². The molecule has 5 nitrogen and oxygen atoms in total. The molecule has 0 aliphatic carbocycles. The second kappa shape index (κ2) is 4.80. The van der Waals surface area contributed by atoms with Crippen LogP contribution in [0.1, 0.15) is 10.4 Å². The second-order valence-electron chi connectivity index (χ2n) is 2.94. The predicted molar refractivity (Wildman–Crippen MR) is 61.9 cm³/mol. The standard InChI is InChI=1S/C10H7BrN4O/c11-8-1-2-9(14-5-8)15-10(16)7-3-12-6-13-4-7/h1-6H,(H,14,15,16). The molecule has 0 unspecified atom stereocenters. The third-order valence-corrected chi connectivity index (χ3v) is 2.26. The lowest BCUT2D eigenvalue weighted by molar-refractivity contribution is 0.102. The van der Waals surface area contributed by atoms with Gasteiger partial charge in [-0.2, -0.15) is 0 Å². The Morgan fingerprint density at radius 3 is 2.56 bits per heavy atom. The van der Waals surface area contributed by atoms with Crippen LogP contribution in [0.3, 0.4) is 0 Å². The second-order valence-corrected chi connectivity index (χ2v) is 3.86. The summed E-state index contributed by atoms with van der Waals surface area (Å²) in [6.07, 6.45) is 5.87. The molecule has 1 N–H and O–H groups in total. The van der Waals surface area contributed by atoms with Crippen LogP contribution < -0.4 is 5.32 Å². The summed E-state index contributed by atoms with van der Waals surface area (Å²) in [5.74, 6) is 0.201. The molecule has 0 spiro atoms. The van der Waals surface area contributed by atoms with Gasteiger partial charge in [-0.05, 0) is 28.1 Å². The summed E-state index contributed by atoms with van der Waals surface area (Å²) in [4.78, 5) is 23.2. The van der Waals surface area contributed by atoms with Crippen LogP contribution in [0.15, 0.2) is 41.5 Å². The summed E-state index contributed by atoms with van der Waals surface area (Å²) in [5.41, 5.74) is 0.396.